The molecule has 1 aliphatic rings. The summed E-state index contributed by atoms with van der Waals surface area (Å²) in [5.41, 5.74) is 1.66. The van der Waals surface area contributed by atoms with E-state index in [1.54, 1.807) is 12.1 Å². The van der Waals surface area contributed by atoms with Crippen LogP contribution in [0.3, 0.4) is 0 Å². The predicted molar refractivity (Wildman–Crippen MR) is 79.2 cm³/mol. The van der Waals surface area contributed by atoms with Crippen LogP contribution in [-0.2, 0) is 4.79 Å². The topological polar surface area (TPSA) is 54.4 Å². The fourth-order valence-corrected chi connectivity index (χ4v) is 3.05. The maximum Gasteiger partial charge on any atom is 0.307 e. The number of benzene rings is 2. The number of hydrogen-bond acceptors (Lipinski definition) is 2. The van der Waals surface area contributed by atoms with Crippen molar-refractivity contribution in [3.8, 4) is 0 Å². The Bertz CT molecular complexity index is 649. The molecule has 1 saturated carbocycles. The van der Waals surface area contributed by atoms with Gasteiger partial charge in [0.2, 0.25) is 0 Å². The summed E-state index contributed by atoms with van der Waals surface area (Å²) in [5, 5.41) is 9.33. The number of hydrogen-bond donors (Lipinski definition) is 1. The third kappa shape index (κ3) is 2.72. The molecular weight excluding hydrogens is 264 g/mol. The third-order valence-corrected chi connectivity index (χ3v) is 4.16. The minimum absolute atomic E-state index is 0.0188. The molecule has 1 N–H and O–H groups in total. The first-order chi connectivity index (χ1) is 10.2. The molecule has 1 fully saturated rings. The third-order valence-electron chi connectivity index (χ3n) is 4.16. The molecule has 0 aromatic heterocycles. The second-order valence-corrected chi connectivity index (χ2v) is 5.46. The molecule has 3 heteroatoms. The van der Waals surface area contributed by atoms with E-state index >= 15 is 0 Å². The summed E-state index contributed by atoms with van der Waals surface area (Å²) >= 11 is 0. The Labute approximate surface area is 123 Å². The fourth-order valence-electron chi connectivity index (χ4n) is 3.05. The number of rotatable bonds is 5. The smallest absolute Gasteiger partial charge is 0.307 e. The highest BCUT2D eigenvalue weighted by molar-refractivity contribution is 5.97. The van der Waals surface area contributed by atoms with Crippen molar-refractivity contribution in [2.45, 2.75) is 12.3 Å². The molecule has 1 aliphatic carbocycles. The maximum atomic E-state index is 12.2. The number of carboxylic acids is 1. The SMILES string of the molecule is O=C(CC1C(C(=O)O)C1c1ccccc1)c1ccccc1. The molecule has 2 aromatic rings. The molecular formula is C18H16O3. The van der Waals surface area contributed by atoms with E-state index in [-0.39, 0.29) is 17.6 Å². The average Bonchev–Trinajstić information content (AvgIpc) is 3.23. The lowest BCUT2D eigenvalue weighted by molar-refractivity contribution is -0.138. The van der Waals surface area contributed by atoms with Crippen molar-refractivity contribution in [3.63, 3.8) is 0 Å². The van der Waals surface area contributed by atoms with Gasteiger partial charge in [-0.25, -0.2) is 0 Å². The first kappa shape index (κ1) is 13.6. The number of carboxylic acid groups (broad SMARTS) is 1. The molecule has 21 heavy (non-hydrogen) atoms. The first-order valence-electron chi connectivity index (χ1n) is 7.04. The van der Waals surface area contributed by atoms with Crippen molar-refractivity contribution >= 4 is 11.8 Å². The standard InChI is InChI=1S/C18H16O3/c19-15(12-7-3-1-4-8-12)11-14-16(17(14)18(20)21)13-9-5-2-6-10-13/h1-10,14,16-17H,11H2,(H,20,21). The van der Waals surface area contributed by atoms with E-state index in [9.17, 15) is 14.7 Å². The van der Waals surface area contributed by atoms with Gasteiger partial charge in [-0.15, -0.1) is 0 Å². The van der Waals surface area contributed by atoms with Gasteiger partial charge >= 0.3 is 5.97 Å². The highest BCUT2D eigenvalue weighted by Gasteiger charge is 2.56. The van der Waals surface area contributed by atoms with Crippen LogP contribution in [-0.4, -0.2) is 16.9 Å². The minimum Gasteiger partial charge on any atom is -0.481 e. The van der Waals surface area contributed by atoms with Crippen LogP contribution in [0.2, 0.25) is 0 Å². The van der Waals surface area contributed by atoms with Crippen LogP contribution < -0.4 is 0 Å². The lowest BCUT2D eigenvalue weighted by Crippen LogP contribution is -2.04. The Balaban J connectivity index is 1.76. The van der Waals surface area contributed by atoms with Gasteiger partial charge in [0.25, 0.3) is 0 Å². The normalized spacial score (nSPS) is 23.5. The lowest BCUT2D eigenvalue weighted by atomic mass is 10.0. The van der Waals surface area contributed by atoms with Gasteiger partial charge in [0.1, 0.15) is 0 Å². The van der Waals surface area contributed by atoms with E-state index in [4.69, 9.17) is 0 Å². The zero-order valence-corrected chi connectivity index (χ0v) is 11.5. The second kappa shape index (κ2) is 5.52. The van der Waals surface area contributed by atoms with Gasteiger partial charge < -0.3 is 5.11 Å². The summed E-state index contributed by atoms with van der Waals surface area (Å²) < 4.78 is 0. The van der Waals surface area contributed by atoms with Gasteiger partial charge in [0, 0.05) is 17.9 Å². The van der Waals surface area contributed by atoms with Crippen molar-refractivity contribution in [2.75, 3.05) is 0 Å². The van der Waals surface area contributed by atoms with Crippen molar-refractivity contribution < 1.29 is 14.7 Å². The number of carbonyl (C=O) groups is 2. The molecule has 0 heterocycles. The Hall–Kier alpha value is -2.42. The van der Waals surface area contributed by atoms with Crippen LogP contribution in [0.1, 0.15) is 28.3 Å². The zero-order chi connectivity index (χ0) is 14.8. The molecule has 0 amide bonds. The summed E-state index contributed by atoms with van der Waals surface area (Å²) in [6.07, 6.45) is 0.292. The van der Waals surface area contributed by atoms with Crippen LogP contribution in [0, 0.1) is 11.8 Å². The van der Waals surface area contributed by atoms with Crippen LogP contribution >= 0.6 is 0 Å². The van der Waals surface area contributed by atoms with E-state index < -0.39 is 11.9 Å². The maximum absolute atomic E-state index is 12.2. The largest absolute Gasteiger partial charge is 0.481 e. The van der Waals surface area contributed by atoms with E-state index in [2.05, 4.69) is 0 Å². The van der Waals surface area contributed by atoms with Crippen molar-refractivity contribution in [3.05, 3.63) is 71.8 Å². The Morgan fingerprint density at radius 1 is 0.905 bits per heavy atom. The van der Waals surface area contributed by atoms with Crippen molar-refractivity contribution in [2.24, 2.45) is 11.8 Å². The average molecular weight is 280 g/mol. The van der Waals surface area contributed by atoms with Gasteiger partial charge in [-0.3, -0.25) is 9.59 Å². The number of Topliss-reactive ketones (excluding diaryl/α,β-unsaturated/α-hetero) is 1. The summed E-state index contributed by atoms with van der Waals surface area (Å²) in [6.45, 7) is 0. The zero-order valence-electron chi connectivity index (χ0n) is 11.5. The predicted octanol–water partition coefficient (Wildman–Crippen LogP) is 3.37. The summed E-state index contributed by atoms with van der Waals surface area (Å²) in [7, 11) is 0. The summed E-state index contributed by atoms with van der Waals surface area (Å²) in [5.74, 6) is -1.38. The molecule has 0 radical (unpaired) electrons. The highest BCUT2D eigenvalue weighted by atomic mass is 16.4. The lowest BCUT2D eigenvalue weighted by Gasteiger charge is -2.01. The first-order valence-corrected chi connectivity index (χ1v) is 7.04. The second-order valence-electron chi connectivity index (χ2n) is 5.46. The molecule has 0 bridgehead atoms. The molecule has 0 spiro atoms. The van der Waals surface area contributed by atoms with E-state index in [0.29, 0.717) is 12.0 Å². The van der Waals surface area contributed by atoms with Crippen molar-refractivity contribution in [1.82, 2.24) is 0 Å². The van der Waals surface area contributed by atoms with Crippen LogP contribution in [0.5, 0.6) is 0 Å². The molecule has 2 aromatic carbocycles. The van der Waals surface area contributed by atoms with E-state index in [0.717, 1.165) is 5.56 Å². The monoisotopic (exact) mass is 280 g/mol. The molecule has 3 nitrogen and oxygen atoms in total. The fraction of sp³-hybridized carbons (Fsp3) is 0.222. The van der Waals surface area contributed by atoms with Crippen LogP contribution in [0.25, 0.3) is 0 Å². The van der Waals surface area contributed by atoms with Crippen molar-refractivity contribution in [1.29, 1.82) is 0 Å². The Kier molecular flexibility index (Phi) is 3.57. The molecule has 0 saturated heterocycles. The highest BCUT2D eigenvalue weighted by Crippen LogP contribution is 2.56. The molecule has 3 atom stereocenters. The van der Waals surface area contributed by atoms with Gasteiger partial charge in [-0.05, 0) is 11.5 Å². The molecule has 3 rings (SSSR count). The van der Waals surface area contributed by atoms with E-state index in [1.807, 2.05) is 48.5 Å². The van der Waals surface area contributed by atoms with Crippen LogP contribution in [0.4, 0.5) is 0 Å². The Morgan fingerprint density at radius 2 is 1.48 bits per heavy atom. The minimum atomic E-state index is -0.810. The molecule has 0 aliphatic heterocycles. The quantitative estimate of drug-likeness (QED) is 0.854. The van der Waals surface area contributed by atoms with Gasteiger partial charge in [-0.2, -0.15) is 0 Å². The number of ketones is 1. The molecule has 3 unspecified atom stereocenters. The van der Waals surface area contributed by atoms with Crippen LogP contribution in [0.15, 0.2) is 60.7 Å². The summed E-state index contributed by atoms with van der Waals surface area (Å²) in [6, 6.07) is 18.7. The summed E-state index contributed by atoms with van der Waals surface area (Å²) in [4.78, 5) is 23.6. The van der Waals surface area contributed by atoms with E-state index in [1.165, 1.54) is 0 Å². The van der Waals surface area contributed by atoms with Gasteiger partial charge in [-0.1, -0.05) is 60.7 Å². The molecule has 106 valence electrons. The van der Waals surface area contributed by atoms with Gasteiger partial charge in [0.05, 0.1) is 5.92 Å². The Morgan fingerprint density at radius 3 is 2.05 bits per heavy atom. The van der Waals surface area contributed by atoms with Gasteiger partial charge in [0.15, 0.2) is 5.78 Å². The number of carbonyl (C=O) groups excluding carboxylic acids is 1. The number of aliphatic carboxylic acids is 1.